The molecule has 0 aliphatic rings. The normalized spacial score (nSPS) is 9.78. The number of hydrogen-bond acceptors (Lipinski definition) is 2. The summed E-state index contributed by atoms with van der Waals surface area (Å²) in [7, 11) is 0. The van der Waals surface area contributed by atoms with Gasteiger partial charge in [-0.05, 0) is 18.7 Å². The lowest BCUT2D eigenvalue weighted by Gasteiger charge is -2.07. The highest BCUT2D eigenvalue weighted by molar-refractivity contribution is 5.94. The van der Waals surface area contributed by atoms with E-state index in [4.69, 9.17) is 0 Å². The van der Waals surface area contributed by atoms with Crippen LogP contribution in [0.5, 0.6) is 0 Å². The molecule has 0 atom stereocenters. The van der Waals surface area contributed by atoms with E-state index in [1.807, 2.05) is 6.92 Å². The summed E-state index contributed by atoms with van der Waals surface area (Å²) in [6.45, 7) is 3.45. The molecule has 1 rings (SSSR count). The second-order valence-corrected chi connectivity index (χ2v) is 3.33. The highest BCUT2D eigenvalue weighted by atomic mass is 35.5. The quantitative estimate of drug-likeness (QED) is 0.639. The van der Waals surface area contributed by atoms with Gasteiger partial charge in [-0.1, -0.05) is 6.92 Å². The average Bonchev–Trinajstić information content (AvgIpc) is 2.31. The fourth-order valence-electron chi connectivity index (χ4n) is 1.24. The molecule has 0 saturated heterocycles. The van der Waals surface area contributed by atoms with Gasteiger partial charge in [0.2, 0.25) is 0 Å². The van der Waals surface area contributed by atoms with E-state index in [0.29, 0.717) is 6.54 Å². The summed E-state index contributed by atoms with van der Waals surface area (Å²) >= 11 is 0. The highest BCUT2D eigenvalue weighted by Crippen LogP contribution is 2.14. The van der Waals surface area contributed by atoms with Crippen LogP contribution in [-0.2, 0) is 0 Å². The first kappa shape index (κ1) is 16.7. The molecule has 0 unspecified atom stereocenters. The van der Waals surface area contributed by atoms with Gasteiger partial charge in [0, 0.05) is 13.1 Å². The number of amides is 1. The molecule has 3 nitrogen and oxygen atoms in total. The molecule has 0 heterocycles. The minimum atomic E-state index is -1.63. The van der Waals surface area contributed by atoms with Crippen molar-refractivity contribution in [1.82, 2.24) is 10.6 Å². The zero-order chi connectivity index (χ0) is 12.8. The second kappa shape index (κ2) is 7.94. The number of hydrogen-bond donors (Lipinski definition) is 2. The first-order valence-corrected chi connectivity index (χ1v) is 5.20. The average molecular weight is 283 g/mol. The highest BCUT2D eigenvalue weighted by Gasteiger charge is 2.18. The molecule has 102 valence electrons. The number of carbonyl (C=O) groups is 1. The molecule has 0 spiro atoms. The van der Waals surface area contributed by atoms with Crippen LogP contribution < -0.4 is 10.6 Å². The Morgan fingerprint density at radius 2 is 1.83 bits per heavy atom. The van der Waals surface area contributed by atoms with Gasteiger partial charge in [-0.3, -0.25) is 4.79 Å². The smallest absolute Gasteiger partial charge is 0.254 e. The standard InChI is InChI=1S/C11H13F3N2O.ClH/c1-2-15-5-6-16-11(17)7-3-4-8(12)10(14)9(7)13;/h3-4,15H,2,5-6H2,1H3,(H,16,17);1H. The Bertz CT molecular complexity index is 416. The summed E-state index contributed by atoms with van der Waals surface area (Å²) in [5.74, 6) is -5.18. The van der Waals surface area contributed by atoms with Crippen molar-refractivity contribution in [3.05, 3.63) is 35.1 Å². The lowest BCUT2D eigenvalue weighted by molar-refractivity contribution is 0.0948. The van der Waals surface area contributed by atoms with Gasteiger partial charge in [0.05, 0.1) is 5.56 Å². The van der Waals surface area contributed by atoms with Crippen LogP contribution in [-0.4, -0.2) is 25.5 Å². The predicted octanol–water partition coefficient (Wildman–Crippen LogP) is 1.86. The van der Waals surface area contributed by atoms with Crippen LogP contribution in [0.1, 0.15) is 17.3 Å². The lowest BCUT2D eigenvalue weighted by atomic mass is 10.2. The largest absolute Gasteiger partial charge is 0.351 e. The van der Waals surface area contributed by atoms with Crippen LogP contribution in [0.2, 0.25) is 0 Å². The summed E-state index contributed by atoms with van der Waals surface area (Å²) < 4.78 is 38.7. The van der Waals surface area contributed by atoms with Crippen LogP contribution in [0.3, 0.4) is 0 Å². The maximum absolute atomic E-state index is 13.2. The maximum atomic E-state index is 13.2. The van der Waals surface area contributed by atoms with Crippen LogP contribution in [0, 0.1) is 17.5 Å². The molecular formula is C11H14ClF3N2O. The fraction of sp³-hybridized carbons (Fsp3) is 0.364. The number of likely N-dealkylation sites (N-methyl/N-ethyl adjacent to an activating group) is 1. The molecule has 0 aliphatic heterocycles. The van der Waals surface area contributed by atoms with Gasteiger partial charge in [0.1, 0.15) is 0 Å². The molecule has 2 N–H and O–H groups in total. The maximum Gasteiger partial charge on any atom is 0.254 e. The molecule has 0 saturated carbocycles. The number of benzene rings is 1. The van der Waals surface area contributed by atoms with E-state index in [-0.39, 0.29) is 19.0 Å². The third-order valence-electron chi connectivity index (χ3n) is 2.12. The van der Waals surface area contributed by atoms with E-state index in [2.05, 4.69) is 10.6 Å². The lowest BCUT2D eigenvalue weighted by Crippen LogP contribution is -2.32. The first-order valence-electron chi connectivity index (χ1n) is 5.20. The summed E-state index contributed by atoms with van der Waals surface area (Å²) in [6.07, 6.45) is 0. The molecule has 0 bridgehead atoms. The molecule has 0 radical (unpaired) electrons. The van der Waals surface area contributed by atoms with Gasteiger partial charge in [0.25, 0.3) is 5.91 Å². The molecule has 7 heteroatoms. The Balaban J connectivity index is 0.00000289. The van der Waals surface area contributed by atoms with Crippen molar-refractivity contribution in [3.63, 3.8) is 0 Å². The van der Waals surface area contributed by atoms with Crippen LogP contribution >= 0.6 is 12.4 Å². The fourth-order valence-corrected chi connectivity index (χ4v) is 1.24. The van der Waals surface area contributed by atoms with Crippen molar-refractivity contribution in [1.29, 1.82) is 0 Å². The van der Waals surface area contributed by atoms with Gasteiger partial charge in [-0.2, -0.15) is 0 Å². The van der Waals surface area contributed by atoms with Crippen molar-refractivity contribution < 1.29 is 18.0 Å². The predicted molar refractivity (Wildman–Crippen MR) is 64.4 cm³/mol. The van der Waals surface area contributed by atoms with Crippen molar-refractivity contribution in [2.75, 3.05) is 19.6 Å². The minimum absolute atomic E-state index is 0. The van der Waals surface area contributed by atoms with Crippen LogP contribution in [0.4, 0.5) is 13.2 Å². The number of carbonyl (C=O) groups excluding carboxylic acids is 1. The number of rotatable bonds is 5. The zero-order valence-electron chi connectivity index (χ0n) is 9.73. The first-order chi connectivity index (χ1) is 8.07. The zero-order valence-corrected chi connectivity index (χ0v) is 10.5. The van der Waals surface area contributed by atoms with Crippen molar-refractivity contribution in [2.24, 2.45) is 0 Å². The van der Waals surface area contributed by atoms with Gasteiger partial charge in [-0.15, -0.1) is 12.4 Å². The number of halogens is 4. The topological polar surface area (TPSA) is 41.1 Å². The number of nitrogens with one attached hydrogen (secondary N) is 2. The Labute approximate surface area is 109 Å². The summed E-state index contributed by atoms with van der Waals surface area (Å²) in [4.78, 5) is 11.4. The molecule has 1 aromatic carbocycles. The van der Waals surface area contributed by atoms with Crippen LogP contribution in [0.15, 0.2) is 12.1 Å². The molecule has 1 aromatic rings. The SMILES string of the molecule is CCNCCNC(=O)c1ccc(F)c(F)c1F.Cl. The van der Waals surface area contributed by atoms with Crippen molar-refractivity contribution >= 4 is 18.3 Å². The molecule has 1 amide bonds. The minimum Gasteiger partial charge on any atom is -0.351 e. The molecule has 0 fully saturated rings. The molecular weight excluding hydrogens is 269 g/mol. The summed E-state index contributed by atoms with van der Waals surface area (Å²) in [5.41, 5.74) is -0.500. The van der Waals surface area contributed by atoms with Crippen LogP contribution in [0.25, 0.3) is 0 Å². The van der Waals surface area contributed by atoms with Gasteiger partial charge >= 0.3 is 0 Å². The third-order valence-corrected chi connectivity index (χ3v) is 2.12. The monoisotopic (exact) mass is 282 g/mol. The Kier molecular flexibility index (Phi) is 7.38. The Hall–Kier alpha value is -1.27. The molecule has 18 heavy (non-hydrogen) atoms. The van der Waals surface area contributed by atoms with E-state index in [1.54, 1.807) is 0 Å². The Morgan fingerprint density at radius 3 is 2.44 bits per heavy atom. The van der Waals surface area contributed by atoms with E-state index in [1.165, 1.54) is 0 Å². The van der Waals surface area contributed by atoms with E-state index >= 15 is 0 Å². The van der Waals surface area contributed by atoms with E-state index in [9.17, 15) is 18.0 Å². The van der Waals surface area contributed by atoms with Crippen molar-refractivity contribution in [3.8, 4) is 0 Å². The van der Waals surface area contributed by atoms with E-state index in [0.717, 1.165) is 18.7 Å². The Morgan fingerprint density at radius 1 is 1.17 bits per heavy atom. The van der Waals surface area contributed by atoms with E-state index < -0.39 is 28.9 Å². The van der Waals surface area contributed by atoms with Gasteiger partial charge in [-0.25, -0.2) is 13.2 Å². The summed E-state index contributed by atoms with van der Waals surface area (Å²) in [5, 5.41) is 5.34. The third kappa shape index (κ3) is 4.19. The molecule has 0 aromatic heterocycles. The second-order valence-electron chi connectivity index (χ2n) is 3.33. The molecule has 0 aliphatic carbocycles. The summed E-state index contributed by atoms with van der Waals surface area (Å²) in [6, 6.07) is 1.63. The van der Waals surface area contributed by atoms with Crippen molar-refractivity contribution in [2.45, 2.75) is 6.92 Å². The van der Waals surface area contributed by atoms with Gasteiger partial charge < -0.3 is 10.6 Å². The van der Waals surface area contributed by atoms with Gasteiger partial charge in [0.15, 0.2) is 17.5 Å².